The van der Waals surface area contributed by atoms with Crippen LogP contribution in [0.25, 0.3) is 0 Å². The highest BCUT2D eigenvalue weighted by Gasteiger charge is 2.26. The van der Waals surface area contributed by atoms with Crippen LogP contribution in [0.5, 0.6) is 0 Å². The van der Waals surface area contributed by atoms with E-state index in [1.165, 1.54) is 32.9 Å². The Hall–Kier alpha value is -0.960. The highest BCUT2D eigenvalue weighted by atomic mass is 32.2. The Bertz CT molecular complexity index is 731. The fourth-order valence-corrected chi connectivity index (χ4v) is 5.90. The van der Waals surface area contributed by atoms with Gasteiger partial charge in [-0.25, -0.2) is 16.8 Å². The number of sulfonamides is 2. The molecule has 136 valence electrons. The molecule has 0 radical (unpaired) electrons. The summed E-state index contributed by atoms with van der Waals surface area (Å²) in [5, 5.41) is 0. The van der Waals surface area contributed by atoms with Gasteiger partial charge in [-0.1, -0.05) is 26.7 Å². The molecule has 0 atom stereocenters. The van der Waals surface area contributed by atoms with Gasteiger partial charge in [-0.05, 0) is 37.1 Å². The van der Waals surface area contributed by atoms with Gasteiger partial charge in [-0.2, -0.15) is 8.61 Å². The molecule has 0 unspecified atom stereocenters. The van der Waals surface area contributed by atoms with Crippen molar-refractivity contribution < 1.29 is 16.8 Å². The number of rotatable bonds is 6. The first-order valence-electron chi connectivity index (χ1n) is 8.44. The van der Waals surface area contributed by atoms with E-state index in [2.05, 4.69) is 0 Å². The van der Waals surface area contributed by atoms with E-state index in [9.17, 15) is 16.8 Å². The zero-order chi connectivity index (χ0) is 17.8. The van der Waals surface area contributed by atoms with Crippen LogP contribution in [0.15, 0.2) is 34.1 Å². The first kappa shape index (κ1) is 19.4. The Kier molecular flexibility index (Phi) is 6.41. The summed E-state index contributed by atoms with van der Waals surface area (Å²) in [6.45, 7) is 5.38. The maximum absolute atomic E-state index is 12.7. The second-order valence-corrected chi connectivity index (χ2v) is 9.75. The van der Waals surface area contributed by atoms with E-state index in [1.54, 1.807) is 13.8 Å². The van der Waals surface area contributed by atoms with Crippen LogP contribution in [0.2, 0.25) is 0 Å². The summed E-state index contributed by atoms with van der Waals surface area (Å²) in [5.74, 6) is 0. The molecular weight excluding hydrogens is 348 g/mol. The van der Waals surface area contributed by atoms with Gasteiger partial charge in [0.05, 0.1) is 9.79 Å². The van der Waals surface area contributed by atoms with Crippen LogP contribution in [0, 0.1) is 0 Å². The highest BCUT2D eigenvalue weighted by molar-refractivity contribution is 7.89. The molecule has 8 heteroatoms. The van der Waals surface area contributed by atoms with Crippen LogP contribution in [0.1, 0.15) is 39.5 Å². The van der Waals surface area contributed by atoms with E-state index in [-0.39, 0.29) is 9.79 Å². The topological polar surface area (TPSA) is 74.8 Å². The summed E-state index contributed by atoms with van der Waals surface area (Å²) in [4.78, 5) is 0.281. The van der Waals surface area contributed by atoms with E-state index < -0.39 is 20.0 Å². The van der Waals surface area contributed by atoms with Crippen LogP contribution in [-0.4, -0.2) is 51.6 Å². The summed E-state index contributed by atoms with van der Waals surface area (Å²) < 4.78 is 53.2. The molecule has 0 saturated carbocycles. The zero-order valence-corrected chi connectivity index (χ0v) is 15.9. The van der Waals surface area contributed by atoms with Gasteiger partial charge >= 0.3 is 0 Å². The lowest BCUT2D eigenvalue weighted by Crippen LogP contribution is -2.32. The first-order chi connectivity index (χ1) is 11.3. The quantitative estimate of drug-likeness (QED) is 0.766. The molecule has 1 aliphatic rings. The maximum atomic E-state index is 12.7. The molecular formula is C16H26N2O4S2. The van der Waals surface area contributed by atoms with Crippen molar-refractivity contribution >= 4 is 20.0 Å². The zero-order valence-electron chi connectivity index (χ0n) is 14.3. The van der Waals surface area contributed by atoms with Crippen LogP contribution >= 0.6 is 0 Å². The van der Waals surface area contributed by atoms with Crippen LogP contribution in [0.4, 0.5) is 0 Å². The third-order valence-electron chi connectivity index (χ3n) is 4.37. The molecule has 1 fully saturated rings. The maximum Gasteiger partial charge on any atom is 0.243 e. The molecule has 0 spiro atoms. The van der Waals surface area contributed by atoms with Crippen molar-refractivity contribution in [2.75, 3.05) is 26.2 Å². The van der Waals surface area contributed by atoms with Crippen molar-refractivity contribution in [3.8, 4) is 0 Å². The van der Waals surface area contributed by atoms with Crippen molar-refractivity contribution in [1.82, 2.24) is 8.61 Å². The minimum atomic E-state index is -3.57. The lowest BCUT2D eigenvalue weighted by Gasteiger charge is -2.21. The lowest BCUT2D eigenvalue weighted by molar-refractivity contribution is 0.423. The summed E-state index contributed by atoms with van der Waals surface area (Å²) in [6, 6.07) is 5.57. The van der Waals surface area contributed by atoms with Gasteiger partial charge in [0.1, 0.15) is 0 Å². The van der Waals surface area contributed by atoms with Crippen molar-refractivity contribution in [2.45, 2.75) is 49.3 Å². The SMILES string of the molecule is CCN(CC)S(=O)(=O)c1ccc(S(=O)(=O)N2CCCCCC2)cc1. The first-order valence-corrected chi connectivity index (χ1v) is 11.3. The predicted octanol–water partition coefficient (Wildman–Crippen LogP) is 2.28. The molecule has 2 rings (SSSR count). The number of benzene rings is 1. The van der Waals surface area contributed by atoms with Gasteiger partial charge in [0.15, 0.2) is 0 Å². The van der Waals surface area contributed by atoms with Crippen LogP contribution in [0.3, 0.4) is 0 Å². The fourth-order valence-electron chi connectivity index (χ4n) is 2.93. The molecule has 0 aliphatic carbocycles. The number of hydrogen-bond donors (Lipinski definition) is 0. The molecule has 6 nitrogen and oxygen atoms in total. The molecule has 1 saturated heterocycles. The van der Waals surface area contributed by atoms with E-state index in [1.807, 2.05) is 0 Å². The van der Waals surface area contributed by atoms with E-state index in [4.69, 9.17) is 0 Å². The monoisotopic (exact) mass is 374 g/mol. The number of nitrogens with zero attached hydrogens (tertiary/aromatic N) is 2. The fraction of sp³-hybridized carbons (Fsp3) is 0.625. The van der Waals surface area contributed by atoms with Gasteiger partial charge in [0.2, 0.25) is 20.0 Å². The average molecular weight is 375 g/mol. The summed E-state index contributed by atoms with van der Waals surface area (Å²) in [5.41, 5.74) is 0. The van der Waals surface area contributed by atoms with Crippen molar-refractivity contribution in [3.63, 3.8) is 0 Å². The van der Waals surface area contributed by atoms with Gasteiger partial charge in [0, 0.05) is 26.2 Å². The van der Waals surface area contributed by atoms with E-state index in [0.717, 1.165) is 25.7 Å². The Balaban J connectivity index is 2.28. The van der Waals surface area contributed by atoms with Crippen LogP contribution in [-0.2, 0) is 20.0 Å². The molecule has 1 heterocycles. The van der Waals surface area contributed by atoms with Crippen molar-refractivity contribution in [2.24, 2.45) is 0 Å². The summed E-state index contributed by atoms with van der Waals surface area (Å²) in [7, 11) is -7.12. The molecule has 1 aromatic rings. The second-order valence-electron chi connectivity index (χ2n) is 5.88. The Morgan fingerprint density at radius 3 is 1.75 bits per heavy atom. The summed E-state index contributed by atoms with van der Waals surface area (Å²) >= 11 is 0. The van der Waals surface area contributed by atoms with E-state index in [0.29, 0.717) is 26.2 Å². The molecule has 0 bridgehead atoms. The lowest BCUT2D eigenvalue weighted by atomic mass is 10.2. The molecule has 0 aromatic heterocycles. The Morgan fingerprint density at radius 2 is 1.29 bits per heavy atom. The minimum absolute atomic E-state index is 0.126. The van der Waals surface area contributed by atoms with Crippen molar-refractivity contribution in [1.29, 1.82) is 0 Å². The predicted molar refractivity (Wildman–Crippen MR) is 93.8 cm³/mol. The smallest absolute Gasteiger partial charge is 0.207 e. The Labute approximate surface area is 145 Å². The van der Waals surface area contributed by atoms with Gasteiger partial charge in [0.25, 0.3) is 0 Å². The highest BCUT2D eigenvalue weighted by Crippen LogP contribution is 2.23. The van der Waals surface area contributed by atoms with E-state index >= 15 is 0 Å². The van der Waals surface area contributed by atoms with Gasteiger partial charge in [-0.3, -0.25) is 0 Å². The van der Waals surface area contributed by atoms with Crippen LogP contribution < -0.4 is 0 Å². The second kappa shape index (κ2) is 7.95. The normalized spacial score (nSPS) is 17.8. The third kappa shape index (κ3) is 3.99. The summed E-state index contributed by atoms with van der Waals surface area (Å²) in [6.07, 6.45) is 3.83. The van der Waals surface area contributed by atoms with Gasteiger partial charge in [-0.15, -0.1) is 0 Å². The Morgan fingerprint density at radius 1 is 0.833 bits per heavy atom. The molecule has 1 aliphatic heterocycles. The minimum Gasteiger partial charge on any atom is -0.207 e. The molecule has 1 aromatic carbocycles. The standard InChI is InChI=1S/C16H26N2O4S2/c1-3-17(4-2)23(19,20)15-9-11-16(12-10-15)24(21,22)18-13-7-5-6-8-14-18/h9-12H,3-8,13-14H2,1-2H3. The number of hydrogen-bond acceptors (Lipinski definition) is 4. The molecule has 0 amide bonds. The molecule has 24 heavy (non-hydrogen) atoms. The molecule has 0 N–H and O–H groups in total. The largest absolute Gasteiger partial charge is 0.243 e. The van der Waals surface area contributed by atoms with Gasteiger partial charge < -0.3 is 0 Å². The third-order valence-corrected chi connectivity index (χ3v) is 8.35. The average Bonchev–Trinajstić information content (AvgIpc) is 2.85. The van der Waals surface area contributed by atoms with Crippen molar-refractivity contribution in [3.05, 3.63) is 24.3 Å².